The Labute approximate surface area is 148 Å². The fourth-order valence-electron chi connectivity index (χ4n) is 2.14. The maximum absolute atomic E-state index is 12.5. The monoisotopic (exact) mass is 413 g/mol. The third-order valence-corrected chi connectivity index (χ3v) is 5.82. The van der Waals surface area contributed by atoms with Crippen molar-refractivity contribution in [2.45, 2.75) is 10.9 Å². The van der Waals surface area contributed by atoms with Crippen molar-refractivity contribution >= 4 is 31.6 Å². The van der Waals surface area contributed by atoms with E-state index < -0.39 is 21.0 Å². The van der Waals surface area contributed by atoms with Crippen LogP contribution in [0.5, 0.6) is 0 Å². The molecule has 1 atom stereocenters. The number of benzene rings is 2. The maximum Gasteiger partial charge on any atom is 0.269 e. The summed E-state index contributed by atoms with van der Waals surface area (Å²) in [4.78, 5) is 10.1. The largest absolute Gasteiger partial charge is 0.323 e. The van der Waals surface area contributed by atoms with E-state index >= 15 is 0 Å². The van der Waals surface area contributed by atoms with E-state index in [-0.39, 0.29) is 17.1 Å². The smallest absolute Gasteiger partial charge is 0.269 e. The molecule has 128 valence electrons. The number of sulfonamides is 1. The molecule has 0 aliphatic carbocycles. The summed E-state index contributed by atoms with van der Waals surface area (Å²) in [5.41, 5.74) is 6.72. The van der Waals surface area contributed by atoms with Gasteiger partial charge in [-0.3, -0.25) is 10.1 Å². The molecule has 0 unspecified atom stereocenters. The standard InChI is InChI=1S/C15H16BrN3O4S/c1-18(10-15(17)11-3-2-4-12(16)9-11)24(22,23)14-7-5-13(6-8-14)19(20)21/h2-9,15H,10,17H2,1H3/t15-/m0/s1. The van der Waals surface area contributed by atoms with Crippen LogP contribution in [-0.4, -0.2) is 31.2 Å². The van der Waals surface area contributed by atoms with Crippen molar-refractivity contribution < 1.29 is 13.3 Å². The van der Waals surface area contributed by atoms with Crippen molar-refractivity contribution in [3.05, 3.63) is 68.7 Å². The highest BCUT2D eigenvalue weighted by molar-refractivity contribution is 9.10. The third kappa shape index (κ3) is 4.18. The van der Waals surface area contributed by atoms with Gasteiger partial charge in [-0.1, -0.05) is 28.1 Å². The maximum atomic E-state index is 12.5. The zero-order chi connectivity index (χ0) is 17.9. The Morgan fingerprint density at radius 2 is 1.88 bits per heavy atom. The van der Waals surface area contributed by atoms with E-state index in [1.807, 2.05) is 24.3 Å². The fourth-order valence-corrected chi connectivity index (χ4v) is 3.75. The Kier molecular flexibility index (Phi) is 5.70. The lowest BCUT2D eigenvalue weighted by Gasteiger charge is -2.21. The van der Waals surface area contributed by atoms with Crippen LogP contribution >= 0.6 is 15.9 Å². The van der Waals surface area contributed by atoms with Gasteiger partial charge in [0.2, 0.25) is 10.0 Å². The molecule has 2 N–H and O–H groups in total. The van der Waals surface area contributed by atoms with Gasteiger partial charge in [0.05, 0.1) is 9.82 Å². The Morgan fingerprint density at radius 1 is 1.25 bits per heavy atom. The molecule has 0 fully saturated rings. The molecule has 2 aromatic carbocycles. The van der Waals surface area contributed by atoms with E-state index in [2.05, 4.69) is 15.9 Å². The van der Waals surface area contributed by atoms with E-state index in [1.165, 1.54) is 19.2 Å². The molecule has 0 amide bonds. The lowest BCUT2D eigenvalue weighted by Crippen LogP contribution is -2.34. The normalized spacial score (nSPS) is 13.0. The highest BCUT2D eigenvalue weighted by Gasteiger charge is 2.24. The molecule has 0 aromatic heterocycles. The summed E-state index contributed by atoms with van der Waals surface area (Å²) in [7, 11) is -2.35. The molecule has 0 aliphatic rings. The minimum atomic E-state index is -3.78. The SMILES string of the molecule is CN(C[C@H](N)c1cccc(Br)c1)S(=O)(=O)c1ccc([N+](=O)[O-])cc1. The van der Waals surface area contributed by atoms with Gasteiger partial charge in [-0.25, -0.2) is 8.42 Å². The summed E-state index contributed by atoms with van der Waals surface area (Å²) < 4.78 is 27.1. The molecule has 2 aromatic rings. The van der Waals surface area contributed by atoms with Crippen molar-refractivity contribution in [2.75, 3.05) is 13.6 Å². The van der Waals surface area contributed by atoms with Crippen LogP contribution in [0.1, 0.15) is 11.6 Å². The lowest BCUT2D eigenvalue weighted by molar-refractivity contribution is -0.384. The lowest BCUT2D eigenvalue weighted by atomic mass is 10.1. The Hall–Kier alpha value is -1.81. The van der Waals surface area contributed by atoms with Crippen molar-refractivity contribution in [3.63, 3.8) is 0 Å². The molecular formula is C15H16BrN3O4S. The first kappa shape index (κ1) is 18.5. The summed E-state index contributed by atoms with van der Waals surface area (Å²) >= 11 is 3.35. The summed E-state index contributed by atoms with van der Waals surface area (Å²) in [6.45, 7) is 0.0791. The molecule has 0 bridgehead atoms. The van der Waals surface area contributed by atoms with E-state index in [4.69, 9.17) is 5.73 Å². The van der Waals surface area contributed by atoms with Crippen molar-refractivity contribution in [3.8, 4) is 0 Å². The summed E-state index contributed by atoms with van der Waals surface area (Å²) in [5.74, 6) is 0. The van der Waals surface area contributed by atoms with Crippen LogP contribution < -0.4 is 5.73 Å². The van der Waals surface area contributed by atoms with E-state index in [9.17, 15) is 18.5 Å². The average molecular weight is 414 g/mol. The predicted octanol–water partition coefficient (Wildman–Crippen LogP) is 2.68. The molecule has 0 aliphatic heterocycles. The molecule has 0 saturated heterocycles. The zero-order valence-electron chi connectivity index (χ0n) is 12.8. The summed E-state index contributed by atoms with van der Waals surface area (Å²) in [5, 5.41) is 10.7. The fraction of sp³-hybridized carbons (Fsp3) is 0.200. The van der Waals surface area contributed by atoms with Crippen LogP contribution in [0.4, 0.5) is 5.69 Å². The van der Waals surface area contributed by atoms with Crippen LogP contribution in [0.3, 0.4) is 0 Å². The number of non-ortho nitro benzene ring substituents is 1. The Bertz CT molecular complexity index is 840. The van der Waals surface area contributed by atoms with Crippen LogP contribution in [0.2, 0.25) is 0 Å². The number of nitro benzene ring substituents is 1. The van der Waals surface area contributed by atoms with Gasteiger partial charge in [-0.15, -0.1) is 0 Å². The van der Waals surface area contributed by atoms with Gasteiger partial charge in [-0.2, -0.15) is 4.31 Å². The van der Waals surface area contributed by atoms with Crippen LogP contribution in [0, 0.1) is 10.1 Å². The van der Waals surface area contributed by atoms with Gasteiger partial charge in [-0.05, 0) is 29.8 Å². The first-order valence-electron chi connectivity index (χ1n) is 6.93. The van der Waals surface area contributed by atoms with Crippen molar-refractivity contribution in [1.29, 1.82) is 0 Å². The van der Waals surface area contributed by atoms with Gasteiger partial charge in [0.15, 0.2) is 0 Å². The van der Waals surface area contributed by atoms with E-state index in [0.717, 1.165) is 26.5 Å². The number of rotatable bonds is 6. The second kappa shape index (κ2) is 7.39. The van der Waals surface area contributed by atoms with Crippen LogP contribution in [0.25, 0.3) is 0 Å². The molecule has 0 spiro atoms. The molecule has 2 rings (SSSR count). The molecule has 0 radical (unpaired) electrons. The highest BCUT2D eigenvalue weighted by atomic mass is 79.9. The number of hydrogen-bond donors (Lipinski definition) is 1. The third-order valence-electron chi connectivity index (χ3n) is 3.49. The second-order valence-corrected chi connectivity index (χ2v) is 8.16. The van der Waals surface area contributed by atoms with Gasteiger partial charge in [0.25, 0.3) is 5.69 Å². The van der Waals surface area contributed by atoms with E-state index in [0.29, 0.717) is 0 Å². The van der Waals surface area contributed by atoms with Gasteiger partial charge < -0.3 is 5.73 Å². The molecule has 7 nitrogen and oxygen atoms in total. The predicted molar refractivity (Wildman–Crippen MR) is 94.0 cm³/mol. The Morgan fingerprint density at radius 3 is 2.42 bits per heavy atom. The summed E-state index contributed by atoms with van der Waals surface area (Å²) in [6, 6.07) is 11.6. The van der Waals surface area contributed by atoms with Crippen LogP contribution in [0.15, 0.2) is 57.9 Å². The first-order valence-corrected chi connectivity index (χ1v) is 9.17. The van der Waals surface area contributed by atoms with Gasteiger partial charge in [0, 0.05) is 36.2 Å². The zero-order valence-corrected chi connectivity index (χ0v) is 15.2. The quantitative estimate of drug-likeness (QED) is 0.578. The number of hydrogen-bond acceptors (Lipinski definition) is 5. The topological polar surface area (TPSA) is 107 Å². The Balaban J connectivity index is 2.18. The molecule has 0 saturated carbocycles. The van der Waals surface area contributed by atoms with E-state index in [1.54, 1.807) is 0 Å². The number of nitrogens with zero attached hydrogens (tertiary/aromatic N) is 2. The molecule has 9 heteroatoms. The minimum Gasteiger partial charge on any atom is -0.323 e. The number of likely N-dealkylation sites (N-methyl/N-ethyl adjacent to an activating group) is 1. The molecular weight excluding hydrogens is 398 g/mol. The number of nitro groups is 1. The highest BCUT2D eigenvalue weighted by Crippen LogP contribution is 2.22. The summed E-state index contributed by atoms with van der Waals surface area (Å²) in [6.07, 6.45) is 0. The molecule has 24 heavy (non-hydrogen) atoms. The van der Waals surface area contributed by atoms with Crippen LogP contribution in [-0.2, 0) is 10.0 Å². The van der Waals surface area contributed by atoms with Gasteiger partial charge >= 0.3 is 0 Å². The molecule has 0 heterocycles. The van der Waals surface area contributed by atoms with Gasteiger partial charge in [0.1, 0.15) is 0 Å². The average Bonchev–Trinajstić information content (AvgIpc) is 2.54. The number of nitrogens with two attached hydrogens (primary N) is 1. The number of halogens is 1. The minimum absolute atomic E-state index is 0.0166. The van der Waals surface area contributed by atoms with Crippen molar-refractivity contribution in [1.82, 2.24) is 4.31 Å². The second-order valence-electron chi connectivity index (χ2n) is 5.20. The first-order chi connectivity index (χ1) is 11.2. The van der Waals surface area contributed by atoms with Crippen molar-refractivity contribution in [2.24, 2.45) is 5.73 Å².